The number of nitrogens with zero attached hydrogens (tertiary/aromatic N) is 1. The molecule has 1 unspecified atom stereocenters. The van der Waals surface area contributed by atoms with Crippen molar-refractivity contribution in [1.29, 1.82) is 0 Å². The average molecular weight is 263 g/mol. The first-order chi connectivity index (χ1) is 9.29. The molecular formula is C15H21NO3. The molecule has 1 saturated heterocycles. The minimum atomic E-state index is -0.242. The fourth-order valence-corrected chi connectivity index (χ4v) is 2.29. The van der Waals surface area contributed by atoms with Crippen molar-refractivity contribution in [1.82, 2.24) is 4.90 Å². The molecule has 1 fully saturated rings. The van der Waals surface area contributed by atoms with Crippen LogP contribution in [0.1, 0.15) is 25.3 Å². The van der Waals surface area contributed by atoms with Gasteiger partial charge in [0.1, 0.15) is 6.61 Å². The molecule has 0 aliphatic carbocycles. The van der Waals surface area contributed by atoms with E-state index in [1.54, 1.807) is 4.90 Å². The van der Waals surface area contributed by atoms with Gasteiger partial charge in [-0.3, -0.25) is 0 Å². The van der Waals surface area contributed by atoms with Crippen LogP contribution < -0.4 is 0 Å². The summed E-state index contributed by atoms with van der Waals surface area (Å²) >= 11 is 0. The molecule has 4 nitrogen and oxygen atoms in total. The average Bonchev–Trinajstić information content (AvgIpc) is 2.46. The predicted molar refractivity (Wildman–Crippen MR) is 72.8 cm³/mol. The lowest BCUT2D eigenvalue weighted by atomic mass is 10.1. The smallest absolute Gasteiger partial charge is 0.410 e. The summed E-state index contributed by atoms with van der Waals surface area (Å²) in [4.78, 5) is 13.7. The maximum absolute atomic E-state index is 12.0. The topological polar surface area (TPSA) is 38.8 Å². The Bertz CT molecular complexity index is 392. The van der Waals surface area contributed by atoms with Gasteiger partial charge in [-0.1, -0.05) is 30.3 Å². The van der Waals surface area contributed by atoms with Gasteiger partial charge in [0.25, 0.3) is 0 Å². The van der Waals surface area contributed by atoms with Gasteiger partial charge in [-0.2, -0.15) is 0 Å². The Kier molecular flexibility index (Phi) is 5.21. The number of benzene rings is 1. The summed E-state index contributed by atoms with van der Waals surface area (Å²) in [6.45, 7) is 4.40. The van der Waals surface area contributed by atoms with Crippen LogP contribution in [0, 0.1) is 0 Å². The highest BCUT2D eigenvalue weighted by Crippen LogP contribution is 2.14. The third-order valence-electron chi connectivity index (χ3n) is 3.24. The molecule has 1 aliphatic heterocycles. The normalized spacial score (nSPS) is 19.2. The van der Waals surface area contributed by atoms with Gasteiger partial charge < -0.3 is 14.4 Å². The highest BCUT2D eigenvalue weighted by Gasteiger charge is 2.24. The molecule has 0 spiro atoms. The number of amides is 1. The second kappa shape index (κ2) is 7.14. The maximum Gasteiger partial charge on any atom is 0.410 e. The van der Waals surface area contributed by atoms with E-state index < -0.39 is 0 Å². The second-order valence-corrected chi connectivity index (χ2v) is 4.71. The number of likely N-dealkylation sites (tertiary alicyclic amines) is 1. The molecule has 1 amide bonds. The summed E-state index contributed by atoms with van der Waals surface area (Å²) < 4.78 is 10.9. The first-order valence-corrected chi connectivity index (χ1v) is 6.87. The summed E-state index contributed by atoms with van der Waals surface area (Å²) in [5, 5.41) is 0. The Morgan fingerprint density at radius 1 is 1.37 bits per heavy atom. The zero-order valence-electron chi connectivity index (χ0n) is 11.4. The molecule has 1 aromatic rings. The molecule has 104 valence electrons. The first-order valence-electron chi connectivity index (χ1n) is 6.87. The van der Waals surface area contributed by atoms with E-state index in [1.807, 2.05) is 37.3 Å². The summed E-state index contributed by atoms with van der Waals surface area (Å²) in [7, 11) is 0. The van der Waals surface area contributed by atoms with Gasteiger partial charge in [0, 0.05) is 13.2 Å². The zero-order valence-corrected chi connectivity index (χ0v) is 11.4. The molecule has 0 N–H and O–H groups in total. The van der Waals surface area contributed by atoms with E-state index in [0.29, 0.717) is 19.8 Å². The molecule has 4 heteroatoms. The molecule has 0 radical (unpaired) electrons. The molecule has 0 saturated carbocycles. The van der Waals surface area contributed by atoms with Crippen molar-refractivity contribution in [3.05, 3.63) is 35.9 Å². The van der Waals surface area contributed by atoms with E-state index in [2.05, 4.69) is 0 Å². The fourth-order valence-electron chi connectivity index (χ4n) is 2.29. The SMILES string of the molecule is CCOC1CCCN(C(=O)OCc2ccccc2)C1. The largest absolute Gasteiger partial charge is 0.445 e. The van der Waals surface area contributed by atoms with E-state index in [-0.39, 0.29) is 12.2 Å². The number of rotatable bonds is 4. The van der Waals surface area contributed by atoms with Gasteiger partial charge in [-0.25, -0.2) is 4.79 Å². The molecule has 0 aromatic heterocycles. The van der Waals surface area contributed by atoms with E-state index >= 15 is 0 Å². The van der Waals surface area contributed by atoms with Crippen molar-refractivity contribution >= 4 is 6.09 Å². The van der Waals surface area contributed by atoms with Gasteiger partial charge in [0.15, 0.2) is 0 Å². The van der Waals surface area contributed by atoms with Gasteiger partial charge in [-0.15, -0.1) is 0 Å². The standard InChI is InChI=1S/C15H21NO3/c1-2-18-14-9-6-10-16(11-14)15(17)19-12-13-7-4-3-5-8-13/h3-5,7-8,14H,2,6,9-12H2,1H3. The number of piperidine rings is 1. The molecule has 19 heavy (non-hydrogen) atoms. The van der Waals surface area contributed by atoms with Crippen LogP contribution in [-0.4, -0.2) is 36.8 Å². The van der Waals surface area contributed by atoms with Crippen LogP contribution in [0.5, 0.6) is 0 Å². The van der Waals surface area contributed by atoms with Crippen molar-refractivity contribution in [3.63, 3.8) is 0 Å². The monoisotopic (exact) mass is 263 g/mol. The molecule has 1 heterocycles. The third-order valence-corrected chi connectivity index (χ3v) is 3.24. The minimum Gasteiger partial charge on any atom is -0.445 e. The van der Waals surface area contributed by atoms with E-state index in [4.69, 9.17) is 9.47 Å². The Morgan fingerprint density at radius 2 is 2.16 bits per heavy atom. The highest BCUT2D eigenvalue weighted by molar-refractivity contribution is 5.67. The van der Waals surface area contributed by atoms with Crippen LogP contribution in [0.4, 0.5) is 4.79 Å². The number of ether oxygens (including phenoxy) is 2. The molecule has 1 aliphatic rings. The quantitative estimate of drug-likeness (QED) is 0.838. The number of hydrogen-bond acceptors (Lipinski definition) is 3. The Labute approximate surface area is 114 Å². The van der Waals surface area contributed by atoms with Gasteiger partial charge >= 0.3 is 6.09 Å². The van der Waals surface area contributed by atoms with Gasteiger partial charge in [-0.05, 0) is 25.3 Å². The molecule has 2 rings (SSSR count). The summed E-state index contributed by atoms with van der Waals surface area (Å²) in [6.07, 6.45) is 1.91. The van der Waals surface area contributed by atoms with Crippen molar-refractivity contribution in [2.75, 3.05) is 19.7 Å². The van der Waals surface area contributed by atoms with Crippen molar-refractivity contribution < 1.29 is 14.3 Å². The number of carbonyl (C=O) groups is 1. The van der Waals surface area contributed by atoms with Crippen molar-refractivity contribution in [3.8, 4) is 0 Å². The Morgan fingerprint density at radius 3 is 2.89 bits per heavy atom. The lowest BCUT2D eigenvalue weighted by Gasteiger charge is -2.31. The van der Waals surface area contributed by atoms with Crippen LogP contribution in [0.25, 0.3) is 0 Å². The second-order valence-electron chi connectivity index (χ2n) is 4.71. The van der Waals surface area contributed by atoms with Crippen molar-refractivity contribution in [2.45, 2.75) is 32.5 Å². The predicted octanol–water partition coefficient (Wildman–Crippen LogP) is 2.82. The van der Waals surface area contributed by atoms with E-state index in [0.717, 1.165) is 24.9 Å². The molecule has 1 aromatic carbocycles. The van der Waals surface area contributed by atoms with E-state index in [9.17, 15) is 4.79 Å². The maximum atomic E-state index is 12.0. The number of carbonyl (C=O) groups excluding carboxylic acids is 1. The Hall–Kier alpha value is -1.55. The zero-order chi connectivity index (χ0) is 13.5. The van der Waals surface area contributed by atoms with Gasteiger partial charge in [0.05, 0.1) is 12.6 Å². The van der Waals surface area contributed by atoms with Crippen LogP contribution >= 0.6 is 0 Å². The number of hydrogen-bond donors (Lipinski definition) is 0. The van der Waals surface area contributed by atoms with Crippen molar-refractivity contribution in [2.24, 2.45) is 0 Å². The lowest BCUT2D eigenvalue weighted by molar-refractivity contribution is 0.00208. The summed E-state index contributed by atoms with van der Waals surface area (Å²) in [5.41, 5.74) is 1.01. The fraction of sp³-hybridized carbons (Fsp3) is 0.533. The third kappa shape index (κ3) is 4.24. The van der Waals surface area contributed by atoms with Crippen LogP contribution in [0.2, 0.25) is 0 Å². The summed E-state index contributed by atoms with van der Waals surface area (Å²) in [5.74, 6) is 0. The molecular weight excluding hydrogens is 242 g/mol. The van der Waals surface area contributed by atoms with Crippen LogP contribution in [-0.2, 0) is 16.1 Å². The van der Waals surface area contributed by atoms with Gasteiger partial charge in [0.2, 0.25) is 0 Å². The lowest BCUT2D eigenvalue weighted by Crippen LogP contribution is -2.43. The summed E-state index contributed by atoms with van der Waals surface area (Å²) in [6, 6.07) is 9.73. The molecule has 0 bridgehead atoms. The van der Waals surface area contributed by atoms with Crippen LogP contribution in [0.15, 0.2) is 30.3 Å². The van der Waals surface area contributed by atoms with Crippen LogP contribution in [0.3, 0.4) is 0 Å². The molecule has 1 atom stereocenters. The first kappa shape index (κ1) is 13.9. The van der Waals surface area contributed by atoms with E-state index in [1.165, 1.54) is 0 Å². The Balaban J connectivity index is 1.79. The highest BCUT2D eigenvalue weighted by atomic mass is 16.6. The minimum absolute atomic E-state index is 0.156.